The fraction of sp³-hybridized carbons (Fsp3) is 0.788. The van der Waals surface area contributed by atoms with Crippen LogP contribution < -0.4 is 65.5 Å². The molecule has 0 spiro atoms. The van der Waals surface area contributed by atoms with Crippen molar-refractivity contribution in [1.82, 2.24) is 42.5 Å². The van der Waals surface area contributed by atoms with Gasteiger partial charge in [-0.2, -0.15) is 0 Å². The third-order valence-electron chi connectivity index (χ3n) is 13.5. The van der Waals surface area contributed by atoms with Crippen molar-refractivity contribution in [2.45, 2.75) is 198 Å². The number of carbonyl (C=O) groups excluding carboxylic acids is 11. The van der Waals surface area contributed by atoms with Crippen molar-refractivity contribution in [3.05, 3.63) is 0 Å². The van der Waals surface area contributed by atoms with E-state index in [-0.39, 0.29) is 82.8 Å². The molecule has 0 aromatic heterocycles. The summed E-state index contributed by atoms with van der Waals surface area (Å²) in [5, 5.41) is 62.2. The lowest BCUT2D eigenvalue weighted by Crippen LogP contribution is -2.61. The van der Waals surface area contributed by atoms with Crippen LogP contribution in [-0.2, 0) is 52.7 Å². The van der Waals surface area contributed by atoms with E-state index in [0.29, 0.717) is 6.42 Å². The van der Waals surface area contributed by atoms with E-state index in [1.807, 2.05) is 0 Å². The van der Waals surface area contributed by atoms with Crippen LogP contribution in [0.4, 0.5) is 0 Å². The molecule has 13 atom stereocenters. The van der Waals surface area contributed by atoms with Gasteiger partial charge in [-0.15, -0.1) is 0 Å². The average molecular weight is 1130 g/mol. The van der Waals surface area contributed by atoms with Gasteiger partial charge >= 0.3 is 0 Å². The van der Waals surface area contributed by atoms with E-state index >= 15 is 0 Å². The first-order valence-corrected chi connectivity index (χ1v) is 27.7. The highest BCUT2D eigenvalue weighted by Crippen LogP contribution is 2.20. The van der Waals surface area contributed by atoms with Gasteiger partial charge < -0.3 is 85.9 Å². The first kappa shape index (κ1) is 71.5. The first-order chi connectivity index (χ1) is 37.3. The van der Waals surface area contributed by atoms with E-state index < -0.39 is 170 Å². The molecule has 0 radical (unpaired) electrons. The van der Waals surface area contributed by atoms with Gasteiger partial charge in [0.15, 0.2) is 11.6 Å². The molecule has 0 bridgehead atoms. The minimum Gasteiger partial charge on any atom is -0.396 e. The lowest BCUT2D eigenvalue weighted by Gasteiger charge is -2.28. The minimum atomic E-state index is -1.70. The van der Waals surface area contributed by atoms with E-state index in [1.54, 1.807) is 13.8 Å². The Morgan fingerprint density at radius 2 is 1.15 bits per heavy atom. The van der Waals surface area contributed by atoms with Gasteiger partial charge in [-0.1, -0.05) is 46.5 Å². The quantitative estimate of drug-likeness (QED) is 0.0314. The molecule has 8 amide bonds. The highest BCUT2D eigenvalue weighted by molar-refractivity contribution is 5.99. The van der Waals surface area contributed by atoms with Crippen LogP contribution in [-0.4, -0.2) is 185 Å². The van der Waals surface area contributed by atoms with Crippen molar-refractivity contribution in [3.8, 4) is 0 Å². The fourth-order valence-electron chi connectivity index (χ4n) is 8.92. The van der Waals surface area contributed by atoms with E-state index in [2.05, 4.69) is 49.5 Å². The molecule has 0 aromatic rings. The monoisotopic (exact) mass is 1130 g/mol. The summed E-state index contributed by atoms with van der Waals surface area (Å²) < 4.78 is 0. The molecule has 1 fully saturated rings. The standard InChI is InChI=1S/C52H94N12O15/c1-7-8-9-10-11-12-35(69)24-32(13-18-53)45(72)62-42(29(4)66)41(71)26-34(27-65)47(74)59-39-17-22-57-51(78)43(30(5)67)64-50(77)38(16-21-56)60-48(75)37(15-20-55)61-52(79)44(31(6)68)63-46(73)33(23-28(2)3)25-40(70)36(14-19-54)58-49(39)76/h28-34,36-39,42-44,65-68H,7-27,53-56H2,1-6H3,(H,57,78)(H,58,76)(H,59,74)(H,60,75)(H,61,79)(H,62,72)(H,63,73)(H,64,77)/t29-,30-,31-,32-,33+,34+,36+,37+,38+,39+,42+,43+,44+/m1/s1. The Bertz CT molecular complexity index is 1990. The van der Waals surface area contributed by atoms with Gasteiger partial charge in [-0.05, 0) is 97.8 Å². The molecule has 20 N–H and O–H groups in total. The molecule has 27 heteroatoms. The number of aliphatic hydroxyl groups is 4. The molecule has 79 heavy (non-hydrogen) atoms. The molecule has 0 unspecified atom stereocenters. The Morgan fingerprint density at radius 1 is 0.620 bits per heavy atom. The van der Waals surface area contributed by atoms with Crippen LogP contribution in [0.1, 0.15) is 138 Å². The Kier molecular flexibility index (Phi) is 34.5. The van der Waals surface area contributed by atoms with Gasteiger partial charge in [0, 0.05) is 44.1 Å². The third-order valence-corrected chi connectivity index (χ3v) is 13.5. The van der Waals surface area contributed by atoms with E-state index in [9.17, 15) is 73.2 Å². The maximum atomic E-state index is 14.3. The van der Waals surface area contributed by atoms with Crippen molar-refractivity contribution in [3.63, 3.8) is 0 Å². The van der Waals surface area contributed by atoms with Crippen LogP contribution in [0.2, 0.25) is 0 Å². The highest BCUT2D eigenvalue weighted by atomic mass is 16.3. The Hall–Kier alpha value is -5.55. The Balaban J connectivity index is 3.76. The molecule has 27 nitrogen and oxygen atoms in total. The molecule has 1 rings (SSSR count). The van der Waals surface area contributed by atoms with Crippen molar-refractivity contribution in [1.29, 1.82) is 0 Å². The second kappa shape index (κ2) is 38.2. The number of amides is 8. The van der Waals surface area contributed by atoms with E-state index in [0.717, 1.165) is 25.7 Å². The molecule has 452 valence electrons. The summed E-state index contributed by atoms with van der Waals surface area (Å²) in [5.41, 5.74) is 23.2. The minimum absolute atomic E-state index is 0.0363. The number of hydrogen-bond donors (Lipinski definition) is 16. The summed E-state index contributed by atoms with van der Waals surface area (Å²) in [4.78, 5) is 151. The largest absolute Gasteiger partial charge is 0.396 e. The number of carbonyl (C=O) groups is 11. The Morgan fingerprint density at radius 3 is 1.68 bits per heavy atom. The topological polar surface area (TPSA) is 469 Å². The number of unbranched alkanes of at least 4 members (excludes halogenated alkanes) is 4. The zero-order chi connectivity index (χ0) is 59.9. The van der Waals surface area contributed by atoms with Crippen LogP contribution in [0.25, 0.3) is 0 Å². The molecule has 0 aromatic carbocycles. The average Bonchev–Trinajstić information content (AvgIpc) is 3.37. The smallest absolute Gasteiger partial charge is 0.245 e. The molecule has 0 aliphatic carbocycles. The Labute approximate surface area is 463 Å². The van der Waals surface area contributed by atoms with Crippen LogP contribution in [0.3, 0.4) is 0 Å². The highest BCUT2D eigenvalue weighted by Gasteiger charge is 2.38. The summed E-state index contributed by atoms with van der Waals surface area (Å²) in [6.45, 7) is 7.25. The van der Waals surface area contributed by atoms with Gasteiger partial charge in [0.25, 0.3) is 0 Å². The summed E-state index contributed by atoms with van der Waals surface area (Å²) in [6, 6.07) is -11.0. The van der Waals surface area contributed by atoms with Crippen LogP contribution in [0, 0.1) is 23.7 Å². The zero-order valence-electron chi connectivity index (χ0n) is 47.0. The summed E-state index contributed by atoms with van der Waals surface area (Å²) >= 11 is 0. The maximum Gasteiger partial charge on any atom is 0.245 e. The lowest BCUT2D eigenvalue weighted by molar-refractivity contribution is -0.138. The van der Waals surface area contributed by atoms with E-state index in [4.69, 9.17) is 22.9 Å². The number of nitrogens with one attached hydrogen (secondary N) is 8. The molecule has 1 saturated heterocycles. The second-order valence-electron chi connectivity index (χ2n) is 21.0. The number of nitrogens with two attached hydrogens (primary N) is 4. The normalized spacial score (nSPS) is 24.0. The fourth-order valence-corrected chi connectivity index (χ4v) is 8.92. The lowest BCUT2D eigenvalue weighted by atomic mass is 9.88. The van der Waals surface area contributed by atoms with Crippen molar-refractivity contribution in [2.75, 3.05) is 39.3 Å². The summed E-state index contributed by atoms with van der Waals surface area (Å²) in [5.74, 6) is -13.4. The van der Waals surface area contributed by atoms with Gasteiger partial charge in [0.1, 0.15) is 42.0 Å². The van der Waals surface area contributed by atoms with Crippen LogP contribution >= 0.6 is 0 Å². The predicted molar refractivity (Wildman–Crippen MR) is 290 cm³/mol. The first-order valence-electron chi connectivity index (χ1n) is 27.7. The van der Waals surface area contributed by atoms with Crippen molar-refractivity contribution >= 4 is 64.6 Å². The summed E-state index contributed by atoms with van der Waals surface area (Å²) in [6.07, 6.45) is -2.26. The number of ketones is 3. The molecular weight excluding hydrogens is 1030 g/mol. The van der Waals surface area contributed by atoms with Crippen LogP contribution in [0.5, 0.6) is 0 Å². The SMILES string of the molecule is CCCCCCCC(=O)C[C@@H](CCN)C(=O)N[C@H](C(=O)C[C@@H](CO)C(=O)N[C@H]1CCNC(=O)[C@H]([C@@H](C)O)NC(=O)[C@H](CCN)NC(=O)[C@H](CCN)NC(=O)[C@H]([C@@H](C)O)NC(=O)[C@@H](CC(C)C)CC(=O)[C@H](CCN)NC1=O)[C@@H](C)O. The van der Waals surface area contributed by atoms with Crippen LogP contribution in [0.15, 0.2) is 0 Å². The zero-order valence-corrected chi connectivity index (χ0v) is 47.0. The van der Waals surface area contributed by atoms with E-state index in [1.165, 1.54) is 20.8 Å². The van der Waals surface area contributed by atoms with Gasteiger partial charge in [0.2, 0.25) is 47.3 Å². The third kappa shape index (κ3) is 26.1. The van der Waals surface area contributed by atoms with Gasteiger partial charge in [-0.25, -0.2) is 0 Å². The number of rotatable bonds is 29. The summed E-state index contributed by atoms with van der Waals surface area (Å²) in [7, 11) is 0. The second-order valence-corrected chi connectivity index (χ2v) is 21.0. The predicted octanol–water partition coefficient (Wildman–Crippen LogP) is -4.44. The van der Waals surface area contributed by atoms with Crippen molar-refractivity contribution < 1.29 is 73.2 Å². The molecular formula is C52H94N12O15. The van der Waals surface area contributed by atoms with Gasteiger partial charge in [0.05, 0.1) is 36.9 Å². The molecule has 0 saturated carbocycles. The number of aliphatic hydroxyl groups excluding tert-OH is 4. The molecule has 1 heterocycles. The van der Waals surface area contributed by atoms with Gasteiger partial charge in [-0.3, -0.25) is 52.7 Å². The molecule has 1 aliphatic rings. The maximum absolute atomic E-state index is 14.3. The number of Topliss-reactive ketones (excluding diaryl/α,β-unsaturated/α-hetero) is 3. The number of hydrogen-bond acceptors (Lipinski definition) is 19. The molecule has 1 aliphatic heterocycles. The van der Waals surface area contributed by atoms with Crippen molar-refractivity contribution in [2.24, 2.45) is 46.6 Å².